The molecule has 2 aromatic heterocycles. The number of carbonyl (C=O) groups excluding carboxylic acids is 1. The molecule has 0 aliphatic carbocycles. The lowest BCUT2D eigenvalue weighted by Crippen LogP contribution is -2.44. The summed E-state index contributed by atoms with van der Waals surface area (Å²) in [6.07, 6.45) is 3.69. The number of urea groups is 1. The summed E-state index contributed by atoms with van der Waals surface area (Å²) in [5, 5.41) is 12.1. The van der Waals surface area contributed by atoms with Gasteiger partial charge in [-0.2, -0.15) is 9.61 Å². The number of aromatic nitrogens is 3. The van der Waals surface area contributed by atoms with Gasteiger partial charge < -0.3 is 15.5 Å². The van der Waals surface area contributed by atoms with Crippen LogP contribution in [0.5, 0.6) is 0 Å². The standard InChI is InChI=1S/C25H23BrCl2N6O/c26-18-14-30-34-23(12-22(31-24(18)34)17-7-1-2-8-19(17)27)29-13-16-6-5-11-33(15-16)25(35)32-21-10-4-3-9-20(21)28/h1-4,7-10,12,14,16,29H,5-6,11,13,15H2,(H,32,35). The Morgan fingerprint density at radius 1 is 1.11 bits per heavy atom. The maximum atomic E-state index is 12.8. The van der Waals surface area contributed by atoms with Gasteiger partial charge in [-0.05, 0) is 52.9 Å². The van der Waals surface area contributed by atoms with E-state index >= 15 is 0 Å². The molecule has 10 heteroatoms. The largest absolute Gasteiger partial charge is 0.370 e. The van der Waals surface area contributed by atoms with Gasteiger partial charge >= 0.3 is 6.03 Å². The van der Waals surface area contributed by atoms with Crippen molar-refractivity contribution in [3.63, 3.8) is 0 Å². The molecule has 3 heterocycles. The molecule has 1 fully saturated rings. The van der Waals surface area contributed by atoms with Crippen LogP contribution in [-0.4, -0.2) is 45.2 Å². The average molecular weight is 574 g/mol. The summed E-state index contributed by atoms with van der Waals surface area (Å²) in [5.41, 5.74) is 2.94. The number of piperidine rings is 1. The second-order valence-electron chi connectivity index (χ2n) is 8.48. The number of hydrogen-bond acceptors (Lipinski definition) is 4. The Morgan fingerprint density at radius 2 is 1.89 bits per heavy atom. The van der Waals surface area contributed by atoms with Crippen molar-refractivity contribution in [3.8, 4) is 11.3 Å². The molecule has 0 spiro atoms. The van der Waals surface area contributed by atoms with E-state index in [-0.39, 0.29) is 11.9 Å². The van der Waals surface area contributed by atoms with E-state index in [1.807, 2.05) is 47.4 Å². The summed E-state index contributed by atoms with van der Waals surface area (Å²) >= 11 is 16.2. The molecule has 1 atom stereocenters. The first-order valence-corrected chi connectivity index (χ1v) is 12.9. The van der Waals surface area contributed by atoms with Crippen LogP contribution in [0.15, 0.2) is 65.3 Å². The van der Waals surface area contributed by atoms with Crippen LogP contribution in [-0.2, 0) is 0 Å². The molecule has 1 aliphatic heterocycles. The minimum atomic E-state index is -0.133. The molecule has 5 rings (SSSR count). The summed E-state index contributed by atoms with van der Waals surface area (Å²) in [7, 11) is 0. The van der Waals surface area contributed by atoms with Crippen molar-refractivity contribution in [2.45, 2.75) is 12.8 Å². The van der Waals surface area contributed by atoms with Gasteiger partial charge in [0.25, 0.3) is 0 Å². The van der Waals surface area contributed by atoms with Crippen LogP contribution in [0.4, 0.5) is 16.3 Å². The molecular weight excluding hydrogens is 551 g/mol. The predicted molar refractivity (Wildman–Crippen MR) is 144 cm³/mol. The molecule has 4 aromatic rings. The smallest absolute Gasteiger partial charge is 0.321 e. The number of anilines is 2. The van der Waals surface area contributed by atoms with Crippen molar-refractivity contribution in [2.24, 2.45) is 5.92 Å². The molecule has 0 saturated carbocycles. The lowest BCUT2D eigenvalue weighted by molar-refractivity contribution is 0.180. The topological polar surface area (TPSA) is 74.6 Å². The van der Waals surface area contributed by atoms with Crippen molar-refractivity contribution in [1.82, 2.24) is 19.5 Å². The van der Waals surface area contributed by atoms with Crippen molar-refractivity contribution < 1.29 is 4.79 Å². The third-order valence-corrected chi connectivity index (χ3v) is 7.29. The highest BCUT2D eigenvalue weighted by Crippen LogP contribution is 2.31. The van der Waals surface area contributed by atoms with Gasteiger partial charge in [0, 0.05) is 36.3 Å². The van der Waals surface area contributed by atoms with Gasteiger partial charge in [-0.3, -0.25) is 0 Å². The SMILES string of the molecule is O=C(Nc1ccccc1Cl)N1CCCC(CNc2cc(-c3ccccc3Cl)nc3c(Br)cnn23)C1. The Balaban J connectivity index is 1.31. The lowest BCUT2D eigenvalue weighted by Gasteiger charge is -2.33. The zero-order valence-corrected chi connectivity index (χ0v) is 21.8. The molecule has 1 saturated heterocycles. The number of fused-ring (bicyclic) bond motifs is 1. The van der Waals surface area contributed by atoms with E-state index in [9.17, 15) is 4.79 Å². The van der Waals surface area contributed by atoms with Gasteiger partial charge in [-0.15, -0.1) is 0 Å². The van der Waals surface area contributed by atoms with E-state index in [4.69, 9.17) is 28.2 Å². The van der Waals surface area contributed by atoms with E-state index in [1.54, 1.807) is 22.8 Å². The second-order valence-corrected chi connectivity index (χ2v) is 10.1. The quantitative estimate of drug-likeness (QED) is 0.275. The van der Waals surface area contributed by atoms with E-state index in [2.05, 4.69) is 31.7 Å². The maximum absolute atomic E-state index is 12.8. The van der Waals surface area contributed by atoms with Gasteiger partial charge in [-0.1, -0.05) is 53.5 Å². The van der Waals surface area contributed by atoms with Crippen LogP contribution in [0.1, 0.15) is 12.8 Å². The fraction of sp³-hybridized carbons (Fsp3) is 0.240. The molecule has 2 N–H and O–H groups in total. The highest BCUT2D eigenvalue weighted by molar-refractivity contribution is 9.10. The van der Waals surface area contributed by atoms with Crippen LogP contribution >= 0.6 is 39.1 Å². The Bertz CT molecular complexity index is 1380. The second kappa shape index (κ2) is 10.4. The van der Waals surface area contributed by atoms with Crippen LogP contribution in [0, 0.1) is 5.92 Å². The number of hydrogen-bond donors (Lipinski definition) is 2. The Labute approximate surface area is 221 Å². The summed E-state index contributed by atoms with van der Waals surface area (Å²) in [6, 6.07) is 16.7. The third kappa shape index (κ3) is 5.24. The first-order chi connectivity index (χ1) is 17.0. The number of halogens is 3. The van der Waals surface area contributed by atoms with Crippen molar-refractivity contribution in [2.75, 3.05) is 30.3 Å². The first kappa shape index (κ1) is 23.9. The fourth-order valence-electron chi connectivity index (χ4n) is 4.29. The van der Waals surface area contributed by atoms with Crippen LogP contribution < -0.4 is 10.6 Å². The monoisotopic (exact) mass is 572 g/mol. The average Bonchev–Trinajstić information content (AvgIpc) is 3.25. The molecule has 1 aliphatic rings. The first-order valence-electron chi connectivity index (χ1n) is 11.3. The van der Waals surface area contributed by atoms with E-state index in [1.165, 1.54) is 0 Å². The summed E-state index contributed by atoms with van der Waals surface area (Å²) in [5.74, 6) is 1.10. The van der Waals surface area contributed by atoms with E-state index < -0.39 is 0 Å². The maximum Gasteiger partial charge on any atom is 0.321 e. The molecule has 35 heavy (non-hydrogen) atoms. The van der Waals surface area contributed by atoms with E-state index in [0.717, 1.165) is 40.9 Å². The molecule has 7 nitrogen and oxygen atoms in total. The minimum Gasteiger partial charge on any atom is -0.370 e. The molecule has 2 aromatic carbocycles. The number of carbonyl (C=O) groups is 1. The van der Waals surface area contributed by atoms with Gasteiger partial charge in [0.2, 0.25) is 0 Å². The van der Waals surface area contributed by atoms with Crippen LogP contribution in [0.3, 0.4) is 0 Å². The number of para-hydroxylation sites is 1. The van der Waals surface area contributed by atoms with Gasteiger partial charge in [0.05, 0.1) is 27.1 Å². The minimum absolute atomic E-state index is 0.133. The number of likely N-dealkylation sites (tertiary alicyclic amines) is 1. The number of benzene rings is 2. The molecular formula is C25H23BrCl2N6O. The van der Waals surface area contributed by atoms with Gasteiger partial charge in [0.15, 0.2) is 5.65 Å². The zero-order valence-electron chi connectivity index (χ0n) is 18.7. The number of nitrogens with zero attached hydrogens (tertiary/aromatic N) is 4. The summed E-state index contributed by atoms with van der Waals surface area (Å²) in [4.78, 5) is 19.5. The highest BCUT2D eigenvalue weighted by Gasteiger charge is 2.24. The summed E-state index contributed by atoms with van der Waals surface area (Å²) < 4.78 is 2.57. The lowest BCUT2D eigenvalue weighted by atomic mass is 9.98. The molecule has 180 valence electrons. The predicted octanol–water partition coefficient (Wildman–Crippen LogP) is 6.82. The van der Waals surface area contributed by atoms with Crippen molar-refractivity contribution in [3.05, 3.63) is 75.3 Å². The van der Waals surface area contributed by atoms with Crippen molar-refractivity contribution >= 4 is 62.3 Å². The zero-order chi connectivity index (χ0) is 24.4. The number of amides is 2. The summed E-state index contributed by atoms with van der Waals surface area (Å²) in [6.45, 7) is 2.06. The molecule has 0 radical (unpaired) electrons. The fourth-order valence-corrected chi connectivity index (χ4v) is 5.05. The van der Waals surface area contributed by atoms with Gasteiger partial charge in [0.1, 0.15) is 5.82 Å². The van der Waals surface area contributed by atoms with Gasteiger partial charge in [-0.25, -0.2) is 9.78 Å². The highest BCUT2D eigenvalue weighted by atomic mass is 79.9. The van der Waals surface area contributed by atoms with E-state index in [0.29, 0.717) is 34.5 Å². The van der Waals surface area contributed by atoms with Crippen LogP contribution in [0.25, 0.3) is 16.9 Å². The third-order valence-electron chi connectivity index (χ3n) is 6.07. The number of nitrogens with one attached hydrogen (secondary N) is 2. The Kier molecular flexibility index (Phi) is 7.13. The Hall–Kier alpha value is -2.81. The molecule has 0 bridgehead atoms. The Morgan fingerprint density at radius 3 is 2.69 bits per heavy atom. The molecule has 2 amide bonds. The van der Waals surface area contributed by atoms with Crippen molar-refractivity contribution in [1.29, 1.82) is 0 Å². The normalized spacial score (nSPS) is 15.9. The number of rotatable bonds is 5. The van der Waals surface area contributed by atoms with Crippen LogP contribution in [0.2, 0.25) is 10.0 Å². The molecule has 1 unspecified atom stereocenters.